The largest absolute Gasteiger partial charge is 0.482 e. The predicted molar refractivity (Wildman–Crippen MR) is 127 cm³/mol. The Morgan fingerprint density at radius 3 is 2.79 bits per heavy atom. The minimum absolute atomic E-state index is 0.230. The molecule has 0 spiro atoms. The first-order valence-electron chi connectivity index (χ1n) is 11.6. The lowest BCUT2D eigenvalue weighted by Gasteiger charge is -2.22. The molecule has 1 aromatic carbocycles. The van der Waals surface area contributed by atoms with Gasteiger partial charge in [-0.3, -0.25) is 4.68 Å². The number of hydrogen-bond donors (Lipinski definition) is 1. The molecular formula is C26H28N6O. The van der Waals surface area contributed by atoms with E-state index in [0.29, 0.717) is 17.5 Å². The summed E-state index contributed by atoms with van der Waals surface area (Å²) in [5.41, 5.74) is 14.8. The maximum Gasteiger partial charge on any atom is 0.166 e. The minimum atomic E-state index is -0.230. The first-order chi connectivity index (χ1) is 16.0. The second-order valence-electron chi connectivity index (χ2n) is 9.44. The molecule has 4 aromatic rings. The van der Waals surface area contributed by atoms with Crippen LogP contribution in [0.5, 0.6) is 5.75 Å². The molecule has 2 bridgehead atoms. The summed E-state index contributed by atoms with van der Waals surface area (Å²) in [4.78, 5) is 4.49. The zero-order chi connectivity index (χ0) is 22.7. The molecule has 1 atom stereocenters. The fourth-order valence-corrected chi connectivity index (χ4v) is 4.78. The van der Waals surface area contributed by atoms with Crippen LogP contribution in [0.1, 0.15) is 53.9 Å². The molecule has 1 unspecified atom stereocenters. The molecule has 7 heteroatoms. The smallest absolute Gasteiger partial charge is 0.166 e. The molecular weight excluding hydrogens is 412 g/mol. The van der Waals surface area contributed by atoms with Crippen LogP contribution >= 0.6 is 0 Å². The highest BCUT2D eigenvalue weighted by atomic mass is 16.5. The first kappa shape index (κ1) is 20.0. The standard InChI is InChI=1S/C26H28N6O/c1-15-4-7-23-22(8-15)17(3)33-24-11-20(12-28-26(24)27)25-19(10-21-9-16(2)30-32(21)23)13-29-31(25)14-18-5-6-18/h4,7-9,11-13,17-18H,5-6,10,14H2,1-3H3,(H2,27,28). The van der Waals surface area contributed by atoms with Gasteiger partial charge in [0, 0.05) is 41.5 Å². The van der Waals surface area contributed by atoms with Gasteiger partial charge in [0.05, 0.1) is 23.3 Å². The summed E-state index contributed by atoms with van der Waals surface area (Å²) < 4.78 is 10.6. The van der Waals surface area contributed by atoms with Crippen LogP contribution in [0.25, 0.3) is 16.9 Å². The van der Waals surface area contributed by atoms with Gasteiger partial charge in [-0.25, -0.2) is 9.67 Å². The Morgan fingerprint density at radius 1 is 1.12 bits per heavy atom. The molecule has 1 fully saturated rings. The van der Waals surface area contributed by atoms with E-state index in [1.54, 1.807) is 0 Å². The number of pyridine rings is 1. The number of anilines is 1. The Kier molecular flexibility index (Phi) is 4.54. The van der Waals surface area contributed by atoms with Gasteiger partial charge >= 0.3 is 0 Å². The van der Waals surface area contributed by atoms with Crippen LogP contribution in [0.2, 0.25) is 0 Å². The molecule has 1 aliphatic heterocycles. The van der Waals surface area contributed by atoms with Gasteiger partial charge in [-0.05, 0) is 57.7 Å². The summed E-state index contributed by atoms with van der Waals surface area (Å²) in [6, 6.07) is 10.6. The van der Waals surface area contributed by atoms with Gasteiger partial charge in [0.2, 0.25) is 0 Å². The molecule has 6 rings (SSSR count). The molecule has 1 saturated carbocycles. The van der Waals surface area contributed by atoms with Crippen LogP contribution in [0.4, 0.5) is 5.82 Å². The molecule has 0 saturated heterocycles. The summed E-state index contributed by atoms with van der Waals surface area (Å²) in [6.45, 7) is 7.11. The van der Waals surface area contributed by atoms with Gasteiger partial charge in [0.25, 0.3) is 0 Å². The van der Waals surface area contributed by atoms with E-state index in [4.69, 9.17) is 20.7 Å². The van der Waals surface area contributed by atoms with Gasteiger partial charge in [-0.1, -0.05) is 17.7 Å². The number of ether oxygens (including phenoxy) is 1. The number of benzene rings is 1. The highest BCUT2D eigenvalue weighted by Gasteiger charge is 2.27. The van der Waals surface area contributed by atoms with E-state index in [2.05, 4.69) is 52.5 Å². The highest BCUT2D eigenvalue weighted by molar-refractivity contribution is 5.68. The normalized spacial score (nSPS) is 17.2. The molecule has 168 valence electrons. The van der Waals surface area contributed by atoms with Crippen molar-refractivity contribution in [3.05, 3.63) is 70.8 Å². The minimum Gasteiger partial charge on any atom is -0.482 e. The van der Waals surface area contributed by atoms with Crippen molar-refractivity contribution in [1.29, 1.82) is 0 Å². The second-order valence-corrected chi connectivity index (χ2v) is 9.44. The maximum absolute atomic E-state index is 6.43. The van der Waals surface area contributed by atoms with Crippen LogP contribution in [0, 0.1) is 19.8 Å². The summed E-state index contributed by atoms with van der Waals surface area (Å²) in [5, 5.41) is 9.65. The van der Waals surface area contributed by atoms with E-state index in [1.807, 2.05) is 25.4 Å². The lowest BCUT2D eigenvalue weighted by molar-refractivity contribution is 0.227. The molecule has 33 heavy (non-hydrogen) atoms. The molecule has 0 radical (unpaired) electrons. The third-order valence-corrected chi connectivity index (χ3v) is 6.63. The van der Waals surface area contributed by atoms with E-state index in [9.17, 15) is 0 Å². The van der Waals surface area contributed by atoms with Gasteiger partial charge < -0.3 is 10.5 Å². The lowest BCUT2D eigenvalue weighted by atomic mass is 10.0. The number of aromatic nitrogens is 5. The Balaban J connectivity index is 1.60. The third-order valence-electron chi connectivity index (χ3n) is 6.63. The van der Waals surface area contributed by atoms with Crippen molar-refractivity contribution < 1.29 is 4.74 Å². The zero-order valence-corrected chi connectivity index (χ0v) is 19.2. The summed E-state index contributed by atoms with van der Waals surface area (Å²) in [7, 11) is 0. The number of aryl methyl sites for hydroxylation is 2. The Hall–Kier alpha value is -3.61. The average molecular weight is 441 g/mol. The molecule has 2 aliphatic rings. The molecule has 2 N–H and O–H groups in total. The van der Waals surface area contributed by atoms with E-state index >= 15 is 0 Å². The average Bonchev–Trinajstić information content (AvgIpc) is 3.41. The summed E-state index contributed by atoms with van der Waals surface area (Å²) >= 11 is 0. The number of rotatable bonds is 2. The highest BCUT2D eigenvalue weighted by Crippen LogP contribution is 2.37. The Bertz CT molecular complexity index is 1360. The fraction of sp³-hybridized carbons (Fsp3) is 0.346. The number of fused-ring (bicyclic) bond motifs is 7. The lowest BCUT2D eigenvalue weighted by Crippen LogP contribution is -2.14. The Labute approximate surface area is 193 Å². The van der Waals surface area contributed by atoms with E-state index in [0.717, 1.165) is 52.4 Å². The van der Waals surface area contributed by atoms with Crippen LogP contribution < -0.4 is 10.5 Å². The predicted octanol–water partition coefficient (Wildman–Crippen LogP) is 4.78. The van der Waals surface area contributed by atoms with Gasteiger partial charge in [0.1, 0.15) is 6.10 Å². The van der Waals surface area contributed by atoms with Crippen molar-refractivity contribution in [3.63, 3.8) is 0 Å². The number of nitrogens with two attached hydrogens (primary N) is 1. The summed E-state index contributed by atoms with van der Waals surface area (Å²) in [5.74, 6) is 1.69. The van der Waals surface area contributed by atoms with Gasteiger partial charge in [-0.15, -0.1) is 0 Å². The second kappa shape index (κ2) is 7.47. The van der Waals surface area contributed by atoms with Crippen molar-refractivity contribution >= 4 is 5.82 Å². The monoisotopic (exact) mass is 440 g/mol. The van der Waals surface area contributed by atoms with E-state index in [1.165, 1.54) is 18.4 Å². The quantitative estimate of drug-likeness (QED) is 0.485. The van der Waals surface area contributed by atoms with Crippen LogP contribution in [-0.2, 0) is 13.0 Å². The van der Waals surface area contributed by atoms with Crippen LogP contribution in [0.3, 0.4) is 0 Å². The molecule has 1 aliphatic carbocycles. The van der Waals surface area contributed by atoms with Crippen molar-refractivity contribution in [3.8, 4) is 22.7 Å². The van der Waals surface area contributed by atoms with E-state index < -0.39 is 0 Å². The molecule has 3 aromatic heterocycles. The Morgan fingerprint density at radius 2 is 1.97 bits per heavy atom. The van der Waals surface area contributed by atoms with Crippen molar-refractivity contribution in [1.82, 2.24) is 24.5 Å². The van der Waals surface area contributed by atoms with E-state index in [-0.39, 0.29) is 6.10 Å². The fourth-order valence-electron chi connectivity index (χ4n) is 4.78. The van der Waals surface area contributed by atoms with Crippen molar-refractivity contribution in [2.45, 2.75) is 52.7 Å². The van der Waals surface area contributed by atoms with Crippen molar-refractivity contribution in [2.75, 3.05) is 5.73 Å². The zero-order valence-electron chi connectivity index (χ0n) is 19.2. The van der Waals surface area contributed by atoms with Gasteiger partial charge in [0.15, 0.2) is 11.6 Å². The SMILES string of the molecule is Cc1ccc2c(c1)C(C)Oc1cc(cnc1N)-c1c(cnn1CC1CC1)Cc1cc(C)nn1-2. The summed E-state index contributed by atoms with van der Waals surface area (Å²) in [6.07, 6.45) is 6.86. The topological polar surface area (TPSA) is 83.8 Å². The van der Waals surface area contributed by atoms with Crippen molar-refractivity contribution in [2.24, 2.45) is 5.92 Å². The third kappa shape index (κ3) is 3.57. The van der Waals surface area contributed by atoms with Crippen LogP contribution in [0.15, 0.2) is 42.7 Å². The first-order valence-corrected chi connectivity index (χ1v) is 11.6. The molecule has 0 amide bonds. The number of nitrogen functional groups attached to an aromatic ring is 1. The maximum atomic E-state index is 6.43. The number of hydrogen-bond acceptors (Lipinski definition) is 5. The van der Waals surface area contributed by atoms with Gasteiger partial charge in [-0.2, -0.15) is 10.2 Å². The molecule has 7 nitrogen and oxygen atoms in total. The molecule has 4 heterocycles. The number of nitrogens with zero attached hydrogens (tertiary/aromatic N) is 5. The van der Waals surface area contributed by atoms with Crippen LogP contribution in [-0.4, -0.2) is 24.5 Å².